The van der Waals surface area contributed by atoms with Crippen molar-refractivity contribution >= 4 is 11.6 Å². The summed E-state index contributed by atoms with van der Waals surface area (Å²) in [6.45, 7) is 8.59. The molecule has 1 aliphatic rings. The molecule has 1 amide bonds. The second-order valence-electron chi connectivity index (χ2n) is 8.44. The number of benzene rings is 1. The molecule has 0 saturated carbocycles. The summed E-state index contributed by atoms with van der Waals surface area (Å²) in [5.41, 5.74) is 9.67. The molecule has 0 aliphatic carbocycles. The second kappa shape index (κ2) is 6.99. The van der Waals surface area contributed by atoms with Gasteiger partial charge in [0.2, 0.25) is 5.91 Å². The van der Waals surface area contributed by atoms with Gasteiger partial charge in [0, 0.05) is 23.6 Å². The van der Waals surface area contributed by atoms with Crippen LogP contribution in [0.2, 0.25) is 0 Å². The minimum atomic E-state index is -0.628. The van der Waals surface area contributed by atoms with E-state index in [1.807, 2.05) is 45.0 Å². The molecule has 7 heteroatoms. The standard InChI is InChI=1S/C22H26N6O/c1-13-12-24-16-9-8-15(11-22(3,4)21(23)29)10-18(16)28-19(13)26-27-20(28)17-7-5-6-14(2)25-17/h5-10,13,24H,11-12H2,1-4H3,(H2,23,29). The zero-order valence-corrected chi connectivity index (χ0v) is 17.2. The molecule has 2 aromatic heterocycles. The maximum atomic E-state index is 11.8. The highest BCUT2D eigenvalue weighted by molar-refractivity contribution is 5.80. The molecule has 3 heterocycles. The number of hydrogen-bond acceptors (Lipinski definition) is 5. The van der Waals surface area contributed by atoms with Crippen molar-refractivity contribution in [1.82, 2.24) is 19.7 Å². The van der Waals surface area contributed by atoms with Crippen LogP contribution in [0.15, 0.2) is 36.4 Å². The Bertz CT molecular complexity index is 1080. The zero-order valence-electron chi connectivity index (χ0n) is 17.2. The van der Waals surface area contributed by atoms with E-state index < -0.39 is 5.41 Å². The molecule has 1 atom stereocenters. The molecule has 29 heavy (non-hydrogen) atoms. The highest BCUT2D eigenvalue weighted by Crippen LogP contribution is 2.34. The quantitative estimate of drug-likeness (QED) is 0.713. The Kier molecular flexibility index (Phi) is 4.61. The molecule has 150 valence electrons. The van der Waals surface area contributed by atoms with Gasteiger partial charge in [0.1, 0.15) is 11.5 Å². The Balaban J connectivity index is 1.88. The largest absolute Gasteiger partial charge is 0.383 e. The maximum Gasteiger partial charge on any atom is 0.223 e. The van der Waals surface area contributed by atoms with Gasteiger partial charge in [-0.2, -0.15) is 0 Å². The molecule has 1 unspecified atom stereocenters. The highest BCUT2D eigenvalue weighted by Gasteiger charge is 2.28. The summed E-state index contributed by atoms with van der Waals surface area (Å²) >= 11 is 0. The van der Waals surface area contributed by atoms with Crippen LogP contribution in [0.1, 0.15) is 43.8 Å². The Labute approximate surface area is 170 Å². The third-order valence-corrected chi connectivity index (χ3v) is 5.46. The van der Waals surface area contributed by atoms with Crippen LogP contribution in [0.25, 0.3) is 17.2 Å². The van der Waals surface area contributed by atoms with Gasteiger partial charge in [0.25, 0.3) is 0 Å². The van der Waals surface area contributed by atoms with Gasteiger partial charge in [-0.15, -0.1) is 10.2 Å². The van der Waals surface area contributed by atoms with E-state index in [9.17, 15) is 4.79 Å². The molecule has 0 spiro atoms. The van der Waals surface area contributed by atoms with Crippen molar-refractivity contribution in [3.63, 3.8) is 0 Å². The lowest BCUT2D eigenvalue weighted by Gasteiger charge is -2.21. The lowest BCUT2D eigenvalue weighted by atomic mass is 9.85. The van der Waals surface area contributed by atoms with Crippen LogP contribution in [0, 0.1) is 12.3 Å². The van der Waals surface area contributed by atoms with Crippen molar-refractivity contribution in [2.24, 2.45) is 11.1 Å². The third-order valence-electron chi connectivity index (χ3n) is 5.46. The molecule has 3 N–H and O–H groups in total. The van der Waals surface area contributed by atoms with Crippen LogP contribution < -0.4 is 11.1 Å². The van der Waals surface area contributed by atoms with E-state index in [-0.39, 0.29) is 11.8 Å². The molecule has 7 nitrogen and oxygen atoms in total. The first-order valence-corrected chi connectivity index (χ1v) is 9.83. The lowest BCUT2D eigenvalue weighted by Crippen LogP contribution is -2.33. The van der Waals surface area contributed by atoms with Crippen LogP contribution in [-0.4, -0.2) is 32.2 Å². The number of nitrogens with zero attached hydrogens (tertiary/aromatic N) is 4. The van der Waals surface area contributed by atoms with Crippen LogP contribution in [0.3, 0.4) is 0 Å². The first-order valence-electron chi connectivity index (χ1n) is 9.83. The van der Waals surface area contributed by atoms with Gasteiger partial charge in [0.15, 0.2) is 5.82 Å². The van der Waals surface area contributed by atoms with E-state index >= 15 is 0 Å². The van der Waals surface area contributed by atoms with Crippen molar-refractivity contribution in [2.75, 3.05) is 11.9 Å². The van der Waals surface area contributed by atoms with Crippen LogP contribution in [0.4, 0.5) is 5.69 Å². The fourth-order valence-corrected chi connectivity index (χ4v) is 3.66. The molecule has 0 fully saturated rings. The van der Waals surface area contributed by atoms with E-state index in [1.165, 1.54) is 0 Å². The topological polar surface area (TPSA) is 98.7 Å². The highest BCUT2D eigenvalue weighted by atomic mass is 16.1. The Morgan fingerprint density at radius 1 is 1.28 bits per heavy atom. The smallest absolute Gasteiger partial charge is 0.223 e. The monoisotopic (exact) mass is 390 g/mol. The first kappa shape index (κ1) is 19.1. The molecule has 0 saturated heterocycles. The van der Waals surface area contributed by atoms with E-state index in [0.717, 1.165) is 40.7 Å². The Morgan fingerprint density at radius 2 is 2.07 bits per heavy atom. The van der Waals surface area contributed by atoms with Gasteiger partial charge in [-0.25, -0.2) is 4.98 Å². The van der Waals surface area contributed by atoms with Crippen molar-refractivity contribution in [3.05, 3.63) is 53.5 Å². The SMILES string of the molecule is Cc1cccc(-c2nnc3n2-c2cc(CC(C)(C)C(N)=O)ccc2NCC3C)n1. The summed E-state index contributed by atoms with van der Waals surface area (Å²) < 4.78 is 2.09. The number of pyridine rings is 1. The fourth-order valence-electron chi connectivity index (χ4n) is 3.66. The number of amides is 1. The number of anilines is 1. The number of hydrogen-bond donors (Lipinski definition) is 2. The van der Waals surface area contributed by atoms with Gasteiger partial charge in [-0.1, -0.05) is 32.9 Å². The van der Waals surface area contributed by atoms with Crippen molar-refractivity contribution in [1.29, 1.82) is 0 Å². The number of carbonyl (C=O) groups excluding carboxylic acids is 1. The molecule has 1 aromatic carbocycles. The van der Waals surface area contributed by atoms with Gasteiger partial charge in [0.05, 0.1) is 11.4 Å². The molecule has 0 bridgehead atoms. The van der Waals surface area contributed by atoms with Gasteiger partial charge >= 0.3 is 0 Å². The van der Waals surface area contributed by atoms with Crippen molar-refractivity contribution in [3.8, 4) is 17.2 Å². The summed E-state index contributed by atoms with van der Waals surface area (Å²) in [5.74, 6) is 1.47. The second-order valence-corrected chi connectivity index (χ2v) is 8.44. The minimum Gasteiger partial charge on any atom is -0.383 e. The Morgan fingerprint density at radius 3 is 2.79 bits per heavy atom. The molecular formula is C22H26N6O. The van der Waals surface area contributed by atoms with Crippen LogP contribution in [-0.2, 0) is 11.2 Å². The average molecular weight is 390 g/mol. The normalized spacial score (nSPS) is 15.8. The summed E-state index contributed by atoms with van der Waals surface area (Å²) in [4.78, 5) is 16.5. The first-order chi connectivity index (χ1) is 13.8. The van der Waals surface area contributed by atoms with Crippen LogP contribution >= 0.6 is 0 Å². The van der Waals surface area contributed by atoms with Gasteiger partial charge < -0.3 is 11.1 Å². The number of aryl methyl sites for hydroxylation is 1. The van der Waals surface area contributed by atoms with Crippen LogP contribution in [0.5, 0.6) is 0 Å². The molecule has 0 radical (unpaired) electrons. The number of fused-ring (bicyclic) bond motifs is 3. The zero-order chi connectivity index (χ0) is 20.8. The average Bonchev–Trinajstić information content (AvgIpc) is 3.06. The molecule has 1 aliphatic heterocycles. The van der Waals surface area contributed by atoms with Crippen molar-refractivity contribution < 1.29 is 4.79 Å². The maximum absolute atomic E-state index is 11.8. The van der Waals surface area contributed by atoms with Crippen molar-refractivity contribution in [2.45, 2.75) is 40.0 Å². The van der Waals surface area contributed by atoms with E-state index in [1.54, 1.807) is 0 Å². The summed E-state index contributed by atoms with van der Waals surface area (Å²) in [6.07, 6.45) is 0.556. The minimum absolute atomic E-state index is 0.180. The summed E-state index contributed by atoms with van der Waals surface area (Å²) in [7, 11) is 0. The Hall–Kier alpha value is -3.22. The van der Waals surface area contributed by atoms with Gasteiger partial charge in [-0.05, 0) is 43.2 Å². The van der Waals surface area contributed by atoms with E-state index in [4.69, 9.17) is 5.73 Å². The van der Waals surface area contributed by atoms with Gasteiger partial charge in [-0.3, -0.25) is 9.36 Å². The van der Waals surface area contributed by atoms with E-state index in [0.29, 0.717) is 12.2 Å². The number of primary amides is 1. The third kappa shape index (κ3) is 3.48. The lowest BCUT2D eigenvalue weighted by molar-refractivity contribution is -0.125. The fraction of sp³-hybridized carbons (Fsp3) is 0.364. The molecule has 3 aromatic rings. The number of carbonyl (C=O) groups is 1. The molecular weight excluding hydrogens is 364 g/mol. The predicted octanol–water partition coefficient (Wildman–Crippen LogP) is 3.22. The number of aromatic nitrogens is 4. The number of nitrogens with two attached hydrogens (primary N) is 1. The molecule has 4 rings (SSSR count). The number of rotatable bonds is 4. The predicted molar refractivity (Wildman–Crippen MR) is 113 cm³/mol. The summed E-state index contributed by atoms with van der Waals surface area (Å²) in [6, 6.07) is 12.1. The number of nitrogens with one attached hydrogen (secondary N) is 1. The summed E-state index contributed by atoms with van der Waals surface area (Å²) in [5, 5.41) is 12.5. The van der Waals surface area contributed by atoms with E-state index in [2.05, 4.69) is 44.1 Å².